The van der Waals surface area contributed by atoms with Crippen molar-refractivity contribution in [2.45, 2.75) is 6.92 Å². The highest BCUT2D eigenvalue weighted by Crippen LogP contribution is 2.34. The van der Waals surface area contributed by atoms with E-state index in [1.165, 1.54) is 0 Å². The standard InChI is InChI=1S/C23H18N2O2/c1-15(26)16-10-12-18(13-11-16)24-21-14-20(17-6-3-2-4-7-17)25-23-19(21)8-5-9-22(23)27/h2-14,27H,1H3,(H,24,25). The van der Waals surface area contributed by atoms with Crippen molar-refractivity contribution in [3.05, 3.63) is 84.4 Å². The molecule has 0 amide bonds. The van der Waals surface area contributed by atoms with Gasteiger partial charge in [-0.3, -0.25) is 4.79 Å². The average Bonchev–Trinajstić information content (AvgIpc) is 2.69. The van der Waals surface area contributed by atoms with Gasteiger partial charge in [-0.25, -0.2) is 4.98 Å². The molecule has 1 heterocycles. The molecule has 0 radical (unpaired) electrons. The number of pyridine rings is 1. The number of carbonyl (C=O) groups is 1. The van der Waals surface area contributed by atoms with Gasteiger partial charge in [0.1, 0.15) is 11.3 Å². The largest absolute Gasteiger partial charge is 0.506 e. The second-order valence-corrected chi connectivity index (χ2v) is 6.35. The number of hydrogen-bond acceptors (Lipinski definition) is 4. The lowest BCUT2D eigenvalue weighted by Gasteiger charge is -2.13. The van der Waals surface area contributed by atoms with Crippen molar-refractivity contribution in [3.63, 3.8) is 0 Å². The number of aromatic nitrogens is 1. The van der Waals surface area contributed by atoms with Crippen LogP contribution in [-0.4, -0.2) is 15.9 Å². The van der Waals surface area contributed by atoms with Crippen molar-refractivity contribution in [1.82, 2.24) is 4.98 Å². The number of nitrogens with zero attached hydrogens (tertiary/aromatic N) is 1. The van der Waals surface area contributed by atoms with Crippen LogP contribution in [-0.2, 0) is 0 Å². The van der Waals surface area contributed by atoms with Crippen molar-refractivity contribution < 1.29 is 9.90 Å². The average molecular weight is 354 g/mol. The minimum Gasteiger partial charge on any atom is -0.506 e. The molecule has 27 heavy (non-hydrogen) atoms. The first-order valence-electron chi connectivity index (χ1n) is 8.68. The van der Waals surface area contributed by atoms with E-state index < -0.39 is 0 Å². The van der Waals surface area contributed by atoms with Crippen LogP contribution in [0.25, 0.3) is 22.2 Å². The van der Waals surface area contributed by atoms with Crippen molar-refractivity contribution in [2.75, 3.05) is 5.32 Å². The summed E-state index contributed by atoms with van der Waals surface area (Å²) in [5.41, 5.74) is 4.65. The second kappa shape index (κ2) is 6.92. The van der Waals surface area contributed by atoms with Crippen LogP contribution < -0.4 is 5.32 Å². The van der Waals surface area contributed by atoms with E-state index in [1.54, 1.807) is 31.2 Å². The molecule has 0 bridgehead atoms. The van der Waals surface area contributed by atoms with Gasteiger partial charge in [0, 0.05) is 22.2 Å². The number of benzene rings is 3. The third-order valence-corrected chi connectivity index (χ3v) is 4.46. The van der Waals surface area contributed by atoms with Gasteiger partial charge >= 0.3 is 0 Å². The van der Waals surface area contributed by atoms with Crippen LogP contribution >= 0.6 is 0 Å². The van der Waals surface area contributed by atoms with E-state index in [0.717, 1.165) is 28.0 Å². The van der Waals surface area contributed by atoms with Gasteiger partial charge in [0.05, 0.1) is 11.4 Å². The van der Waals surface area contributed by atoms with Gasteiger partial charge < -0.3 is 10.4 Å². The summed E-state index contributed by atoms with van der Waals surface area (Å²) in [4.78, 5) is 16.1. The van der Waals surface area contributed by atoms with Gasteiger partial charge in [0.15, 0.2) is 5.78 Å². The second-order valence-electron chi connectivity index (χ2n) is 6.35. The maximum Gasteiger partial charge on any atom is 0.159 e. The molecule has 4 rings (SSSR count). The molecule has 4 aromatic rings. The van der Waals surface area contributed by atoms with Gasteiger partial charge in [-0.05, 0) is 43.3 Å². The normalized spacial score (nSPS) is 10.7. The molecule has 2 N–H and O–H groups in total. The summed E-state index contributed by atoms with van der Waals surface area (Å²) < 4.78 is 0. The summed E-state index contributed by atoms with van der Waals surface area (Å²) >= 11 is 0. The fourth-order valence-electron chi connectivity index (χ4n) is 3.04. The van der Waals surface area contributed by atoms with Crippen molar-refractivity contribution in [2.24, 2.45) is 0 Å². The lowest BCUT2D eigenvalue weighted by Crippen LogP contribution is -1.97. The van der Waals surface area contributed by atoms with Gasteiger partial charge in [-0.15, -0.1) is 0 Å². The number of rotatable bonds is 4. The lowest BCUT2D eigenvalue weighted by molar-refractivity contribution is 0.101. The van der Waals surface area contributed by atoms with Gasteiger partial charge in [0.25, 0.3) is 0 Å². The van der Waals surface area contributed by atoms with Crippen LogP contribution in [0.1, 0.15) is 17.3 Å². The topological polar surface area (TPSA) is 62.2 Å². The fourth-order valence-corrected chi connectivity index (χ4v) is 3.04. The van der Waals surface area contributed by atoms with Crippen LogP contribution in [0, 0.1) is 0 Å². The maximum atomic E-state index is 11.5. The Morgan fingerprint density at radius 3 is 2.37 bits per heavy atom. The molecular weight excluding hydrogens is 336 g/mol. The Hall–Kier alpha value is -3.66. The number of para-hydroxylation sites is 1. The molecule has 0 saturated heterocycles. The summed E-state index contributed by atoms with van der Waals surface area (Å²) in [6.45, 7) is 1.55. The minimum atomic E-state index is 0.0344. The third kappa shape index (κ3) is 3.37. The van der Waals surface area contributed by atoms with Gasteiger partial charge in [-0.2, -0.15) is 0 Å². The molecule has 4 nitrogen and oxygen atoms in total. The molecule has 0 unspecified atom stereocenters. The first-order valence-corrected chi connectivity index (χ1v) is 8.68. The predicted molar refractivity (Wildman–Crippen MR) is 109 cm³/mol. The summed E-state index contributed by atoms with van der Waals surface area (Å²) in [7, 11) is 0. The Labute approximate surface area is 157 Å². The molecule has 4 heteroatoms. The Kier molecular flexibility index (Phi) is 4.30. The highest BCUT2D eigenvalue weighted by molar-refractivity contribution is 5.98. The minimum absolute atomic E-state index is 0.0344. The van der Waals surface area contributed by atoms with E-state index >= 15 is 0 Å². The lowest BCUT2D eigenvalue weighted by atomic mass is 10.1. The Morgan fingerprint density at radius 2 is 1.67 bits per heavy atom. The van der Waals surface area contributed by atoms with Crippen molar-refractivity contribution in [3.8, 4) is 17.0 Å². The first-order chi connectivity index (χ1) is 13.1. The highest BCUT2D eigenvalue weighted by Gasteiger charge is 2.11. The molecule has 0 atom stereocenters. The summed E-state index contributed by atoms with van der Waals surface area (Å²) in [6.07, 6.45) is 0. The number of ketones is 1. The zero-order valence-electron chi connectivity index (χ0n) is 14.8. The number of aromatic hydroxyl groups is 1. The van der Waals surface area contributed by atoms with Crippen LogP contribution in [0.2, 0.25) is 0 Å². The number of Topliss-reactive ketones (excluding diaryl/α,β-unsaturated/α-hetero) is 1. The smallest absolute Gasteiger partial charge is 0.159 e. The summed E-state index contributed by atoms with van der Waals surface area (Å²) in [5.74, 6) is 0.174. The fraction of sp³-hybridized carbons (Fsp3) is 0.0435. The molecule has 1 aromatic heterocycles. The molecule has 0 aliphatic heterocycles. The number of phenols is 1. The molecule has 0 fully saturated rings. The highest BCUT2D eigenvalue weighted by atomic mass is 16.3. The zero-order valence-corrected chi connectivity index (χ0v) is 14.8. The Bertz CT molecular complexity index is 1120. The molecular formula is C23H18N2O2. The molecule has 0 aliphatic rings. The number of nitrogens with one attached hydrogen (secondary N) is 1. The molecule has 0 spiro atoms. The molecule has 0 saturated carbocycles. The summed E-state index contributed by atoms with van der Waals surface area (Å²) in [6, 6.07) is 24.5. The van der Waals surface area contributed by atoms with Crippen LogP contribution in [0.4, 0.5) is 11.4 Å². The number of fused-ring (bicyclic) bond motifs is 1. The first kappa shape index (κ1) is 16.8. The van der Waals surface area contributed by atoms with Crippen LogP contribution in [0.3, 0.4) is 0 Å². The molecule has 3 aromatic carbocycles. The SMILES string of the molecule is CC(=O)c1ccc(Nc2cc(-c3ccccc3)nc3c(O)cccc23)cc1. The summed E-state index contributed by atoms with van der Waals surface area (Å²) in [5, 5.41) is 14.5. The van der Waals surface area contributed by atoms with Crippen molar-refractivity contribution in [1.29, 1.82) is 0 Å². The monoisotopic (exact) mass is 354 g/mol. The van der Waals surface area contributed by atoms with E-state index in [1.807, 2.05) is 54.6 Å². The molecule has 132 valence electrons. The van der Waals surface area contributed by atoms with E-state index in [2.05, 4.69) is 10.3 Å². The quantitative estimate of drug-likeness (QED) is 0.471. The van der Waals surface area contributed by atoms with Gasteiger partial charge in [-0.1, -0.05) is 42.5 Å². The number of phenolic OH excluding ortho intramolecular Hbond substituents is 1. The number of anilines is 2. The maximum absolute atomic E-state index is 11.5. The Balaban J connectivity index is 1.83. The predicted octanol–water partition coefficient (Wildman–Crippen LogP) is 5.55. The third-order valence-electron chi connectivity index (χ3n) is 4.46. The van der Waals surface area contributed by atoms with E-state index in [9.17, 15) is 9.90 Å². The molecule has 0 aliphatic carbocycles. The van der Waals surface area contributed by atoms with E-state index in [4.69, 9.17) is 0 Å². The van der Waals surface area contributed by atoms with E-state index in [0.29, 0.717) is 11.1 Å². The number of carbonyl (C=O) groups excluding carboxylic acids is 1. The van der Waals surface area contributed by atoms with E-state index in [-0.39, 0.29) is 11.5 Å². The number of hydrogen-bond donors (Lipinski definition) is 2. The Morgan fingerprint density at radius 1 is 0.926 bits per heavy atom. The van der Waals surface area contributed by atoms with Crippen molar-refractivity contribution >= 4 is 28.1 Å². The van der Waals surface area contributed by atoms with Crippen LogP contribution in [0.5, 0.6) is 5.75 Å². The van der Waals surface area contributed by atoms with Crippen LogP contribution in [0.15, 0.2) is 78.9 Å². The van der Waals surface area contributed by atoms with Gasteiger partial charge in [0.2, 0.25) is 0 Å². The zero-order chi connectivity index (χ0) is 18.8.